The van der Waals surface area contributed by atoms with Gasteiger partial charge in [0.2, 0.25) is 0 Å². The molecule has 0 atom stereocenters. The highest BCUT2D eigenvalue weighted by atomic mass is 35.5. The van der Waals surface area contributed by atoms with Crippen molar-refractivity contribution in [1.29, 1.82) is 0 Å². The highest BCUT2D eigenvalue weighted by Crippen LogP contribution is 2.32. The summed E-state index contributed by atoms with van der Waals surface area (Å²) in [5.41, 5.74) is 0.699. The molecule has 1 rings (SSSR count). The van der Waals surface area contributed by atoms with Gasteiger partial charge in [-0.25, -0.2) is 4.39 Å². The van der Waals surface area contributed by atoms with Crippen LogP contribution < -0.4 is 4.74 Å². The van der Waals surface area contributed by atoms with Crippen LogP contribution in [-0.4, -0.2) is 12.4 Å². The zero-order valence-electron chi connectivity index (χ0n) is 11.6. The van der Waals surface area contributed by atoms with E-state index in [0.717, 1.165) is 0 Å². The van der Waals surface area contributed by atoms with Gasteiger partial charge in [0, 0.05) is 5.56 Å². The Bertz CT molecular complexity index is 417. The van der Waals surface area contributed by atoms with Crippen LogP contribution in [0.5, 0.6) is 5.75 Å². The highest BCUT2D eigenvalue weighted by Gasteiger charge is 2.19. The lowest BCUT2D eigenvalue weighted by Crippen LogP contribution is -2.06. The van der Waals surface area contributed by atoms with Crippen LogP contribution in [0.25, 0.3) is 0 Å². The third-order valence-corrected chi connectivity index (χ3v) is 2.56. The smallest absolute Gasteiger partial charge is 0.163 e. The minimum absolute atomic E-state index is 0.0366. The molecule has 0 bridgehead atoms. The number of carbonyl (C=O) groups excluding carboxylic acids is 1. The second-order valence-electron chi connectivity index (χ2n) is 3.37. The van der Waals surface area contributed by atoms with Crippen molar-refractivity contribution in [3.8, 4) is 5.75 Å². The molecule has 0 amide bonds. The van der Waals surface area contributed by atoms with Gasteiger partial charge in [-0.1, -0.05) is 32.4 Å². The van der Waals surface area contributed by atoms with Gasteiger partial charge in [-0.05, 0) is 26.3 Å². The highest BCUT2D eigenvalue weighted by molar-refractivity contribution is 6.31. The Hall–Kier alpha value is -1.09. The first-order valence-electron chi connectivity index (χ1n) is 6.17. The zero-order valence-corrected chi connectivity index (χ0v) is 12.3. The maximum Gasteiger partial charge on any atom is 0.163 e. The van der Waals surface area contributed by atoms with Gasteiger partial charge in [0.25, 0.3) is 0 Å². The average molecular weight is 275 g/mol. The van der Waals surface area contributed by atoms with Crippen LogP contribution in [0.3, 0.4) is 0 Å². The number of ether oxygens (including phenoxy) is 1. The van der Waals surface area contributed by atoms with Gasteiger partial charge in [0.05, 0.1) is 17.2 Å². The average Bonchev–Trinajstić information content (AvgIpc) is 2.36. The van der Waals surface area contributed by atoms with Crippen LogP contribution in [0.4, 0.5) is 4.39 Å². The first-order valence-corrected chi connectivity index (χ1v) is 6.55. The Morgan fingerprint density at radius 2 is 1.94 bits per heavy atom. The van der Waals surface area contributed by atoms with E-state index < -0.39 is 5.82 Å². The number of carbonyl (C=O) groups is 1. The lowest BCUT2D eigenvalue weighted by atomic mass is 10.0. The van der Waals surface area contributed by atoms with Crippen molar-refractivity contribution < 1.29 is 13.9 Å². The number of hydrogen-bond acceptors (Lipinski definition) is 2. The predicted molar refractivity (Wildman–Crippen MR) is 73.3 cm³/mol. The van der Waals surface area contributed by atoms with Crippen LogP contribution in [0.1, 0.15) is 50.5 Å². The number of ketones is 1. The van der Waals surface area contributed by atoms with Gasteiger partial charge in [-0.3, -0.25) is 4.79 Å². The first-order chi connectivity index (χ1) is 8.52. The van der Waals surface area contributed by atoms with Gasteiger partial charge < -0.3 is 4.74 Å². The number of rotatable bonds is 4. The number of hydrogen-bond donors (Lipinski definition) is 0. The molecule has 0 aromatic heterocycles. The molecule has 0 radical (unpaired) electrons. The summed E-state index contributed by atoms with van der Waals surface area (Å²) in [7, 11) is 0. The van der Waals surface area contributed by atoms with E-state index in [1.807, 2.05) is 13.8 Å². The fourth-order valence-corrected chi connectivity index (χ4v) is 1.77. The molecule has 1 aromatic carbocycles. The molecule has 2 nitrogen and oxygen atoms in total. The van der Waals surface area contributed by atoms with E-state index in [1.54, 1.807) is 13.8 Å². The zero-order chi connectivity index (χ0) is 14.3. The molecule has 0 saturated heterocycles. The quantitative estimate of drug-likeness (QED) is 0.746. The summed E-state index contributed by atoms with van der Waals surface area (Å²) in [6.45, 7) is 9.37. The Morgan fingerprint density at radius 1 is 1.39 bits per heavy atom. The predicted octanol–water partition coefficient (Wildman–Crippen LogP) is 4.67. The maximum absolute atomic E-state index is 13.7. The van der Waals surface area contributed by atoms with Gasteiger partial charge in [0.15, 0.2) is 5.78 Å². The second kappa shape index (κ2) is 8.09. The fraction of sp³-hybridized carbons (Fsp3) is 0.500. The summed E-state index contributed by atoms with van der Waals surface area (Å²) in [4.78, 5) is 11.4. The first kappa shape index (κ1) is 16.9. The Morgan fingerprint density at radius 3 is 2.33 bits per heavy atom. The topological polar surface area (TPSA) is 26.3 Å². The number of Topliss-reactive ketones (excluding diaryl/α,β-unsaturated/α-hetero) is 1. The van der Waals surface area contributed by atoms with Crippen LogP contribution in [0.15, 0.2) is 6.07 Å². The molecule has 0 saturated carbocycles. The lowest BCUT2D eigenvalue weighted by Gasteiger charge is -2.14. The minimum atomic E-state index is -0.502. The molecule has 0 spiro atoms. The monoisotopic (exact) mass is 274 g/mol. The lowest BCUT2D eigenvalue weighted by molar-refractivity contribution is 0.101. The molecule has 0 N–H and O–H groups in total. The van der Waals surface area contributed by atoms with Crippen molar-refractivity contribution in [2.24, 2.45) is 0 Å². The normalized spacial score (nSPS) is 9.50. The summed E-state index contributed by atoms with van der Waals surface area (Å²) in [5.74, 6) is -0.364. The molecule has 18 heavy (non-hydrogen) atoms. The fourth-order valence-electron chi connectivity index (χ4n) is 1.55. The third-order valence-electron chi connectivity index (χ3n) is 2.29. The second-order valence-corrected chi connectivity index (χ2v) is 3.78. The Kier molecular flexibility index (Phi) is 7.60. The van der Waals surface area contributed by atoms with Crippen molar-refractivity contribution in [1.82, 2.24) is 0 Å². The summed E-state index contributed by atoms with van der Waals surface area (Å²) in [5, 5.41) is -0.0366. The van der Waals surface area contributed by atoms with Gasteiger partial charge >= 0.3 is 0 Å². The molecule has 1 aromatic rings. The van der Waals surface area contributed by atoms with E-state index in [-0.39, 0.29) is 10.8 Å². The molecule has 0 aliphatic heterocycles. The standard InChI is InChI=1S/C12H14ClFO2.C2H6/c1-4-8-11(14)10(13)6-9(7(3)15)12(8)16-5-2;1-2/h6H,4-5H2,1-3H3;1-2H3. The molecule has 0 unspecified atom stereocenters. The molecule has 102 valence electrons. The van der Waals surface area contributed by atoms with Crippen LogP contribution in [-0.2, 0) is 6.42 Å². The molecule has 0 heterocycles. The van der Waals surface area contributed by atoms with Gasteiger partial charge in [-0.2, -0.15) is 0 Å². The maximum atomic E-state index is 13.7. The van der Waals surface area contributed by atoms with Crippen LogP contribution in [0, 0.1) is 5.82 Å². The Balaban J connectivity index is 0.00000137. The van der Waals surface area contributed by atoms with Crippen molar-refractivity contribution in [2.75, 3.05) is 6.61 Å². The van der Waals surface area contributed by atoms with Crippen molar-refractivity contribution in [3.05, 3.63) is 28.0 Å². The largest absolute Gasteiger partial charge is 0.493 e. The van der Waals surface area contributed by atoms with Gasteiger partial charge in [0.1, 0.15) is 11.6 Å². The molecule has 0 aliphatic carbocycles. The SMILES string of the molecule is CC.CCOc1c(C(C)=O)cc(Cl)c(F)c1CC. The minimum Gasteiger partial charge on any atom is -0.493 e. The summed E-state index contributed by atoms with van der Waals surface area (Å²) < 4.78 is 19.0. The summed E-state index contributed by atoms with van der Waals surface area (Å²) >= 11 is 5.73. The molecule has 4 heteroatoms. The molecular weight excluding hydrogens is 255 g/mol. The van der Waals surface area contributed by atoms with E-state index in [0.29, 0.717) is 29.9 Å². The van der Waals surface area contributed by atoms with Gasteiger partial charge in [-0.15, -0.1) is 0 Å². The Labute approximate surface area is 113 Å². The van der Waals surface area contributed by atoms with E-state index in [1.165, 1.54) is 13.0 Å². The van der Waals surface area contributed by atoms with E-state index in [4.69, 9.17) is 16.3 Å². The number of halogens is 2. The molecule has 0 aliphatic rings. The van der Waals surface area contributed by atoms with E-state index in [2.05, 4.69) is 0 Å². The summed E-state index contributed by atoms with van der Waals surface area (Å²) in [6.07, 6.45) is 0.433. The molecular formula is C14H20ClFO2. The van der Waals surface area contributed by atoms with E-state index in [9.17, 15) is 9.18 Å². The van der Waals surface area contributed by atoms with Crippen LogP contribution >= 0.6 is 11.6 Å². The third kappa shape index (κ3) is 3.70. The van der Waals surface area contributed by atoms with Crippen molar-refractivity contribution in [3.63, 3.8) is 0 Å². The number of benzene rings is 1. The van der Waals surface area contributed by atoms with Crippen molar-refractivity contribution in [2.45, 2.75) is 41.0 Å². The summed E-state index contributed by atoms with van der Waals surface area (Å²) in [6, 6.07) is 1.32. The molecule has 0 fully saturated rings. The van der Waals surface area contributed by atoms with Crippen LogP contribution in [0.2, 0.25) is 5.02 Å². The van der Waals surface area contributed by atoms with Crippen molar-refractivity contribution >= 4 is 17.4 Å². The van der Waals surface area contributed by atoms with E-state index >= 15 is 0 Å².